The first-order valence-electron chi connectivity index (χ1n) is 10.5. The van der Waals surface area contributed by atoms with Gasteiger partial charge in [0.15, 0.2) is 0 Å². The summed E-state index contributed by atoms with van der Waals surface area (Å²) in [5.74, 6) is 0.946. The molecule has 0 N–H and O–H groups in total. The third-order valence-corrected chi connectivity index (χ3v) is 6.52. The summed E-state index contributed by atoms with van der Waals surface area (Å²) in [6, 6.07) is 8.74. The predicted molar refractivity (Wildman–Crippen MR) is 104 cm³/mol. The molecule has 0 saturated carbocycles. The van der Waals surface area contributed by atoms with Gasteiger partial charge in [-0.05, 0) is 57.2 Å². The van der Waals surface area contributed by atoms with Gasteiger partial charge in [0.1, 0.15) is 5.56 Å². The van der Waals surface area contributed by atoms with Gasteiger partial charge in [-0.25, -0.2) is 4.79 Å². The number of fused-ring (bicyclic) bond motifs is 4. The van der Waals surface area contributed by atoms with E-state index in [2.05, 4.69) is 15.5 Å². The van der Waals surface area contributed by atoms with Crippen molar-refractivity contribution in [3.63, 3.8) is 0 Å². The SMILES string of the molecule is O=C(OCC1CCN2CCCCC2C1)c1c2n(c3ccccc13)CCCO2. The van der Waals surface area contributed by atoms with Crippen molar-refractivity contribution in [1.82, 2.24) is 9.47 Å². The summed E-state index contributed by atoms with van der Waals surface area (Å²) in [4.78, 5) is 15.6. The topological polar surface area (TPSA) is 43.7 Å². The molecule has 5 nitrogen and oxygen atoms in total. The Bertz CT molecular complexity index is 843. The van der Waals surface area contributed by atoms with Crippen molar-refractivity contribution in [2.45, 2.75) is 51.1 Å². The molecule has 5 rings (SSSR count). The highest BCUT2D eigenvalue weighted by molar-refractivity contribution is 6.07. The lowest BCUT2D eigenvalue weighted by Gasteiger charge is -2.42. The molecule has 4 heterocycles. The zero-order valence-corrected chi connectivity index (χ0v) is 15.9. The number of ether oxygens (including phenoxy) is 2. The second-order valence-electron chi connectivity index (χ2n) is 8.23. The molecule has 0 aliphatic carbocycles. The smallest absolute Gasteiger partial charge is 0.344 e. The van der Waals surface area contributed by atoms with Crippen LogP contribution in [-0.4, -0.2) is 47.8 Å². The van der Waals surface area contributed by atoms with Crippen molar-refractivity contribution in [2.24, 2.45) is 5.92 Å². The summed E-state index contributed by atoms with van der Waals surface area (Å²) in [7, 11) is 0. The van der Waals surface area contributed by atoms with E-state index < -0.39 is 0 Å². The van der Waals surface area contributed by atoms with Crippen molar-refractivity contribution >= 4 is 16.9 Å². The van der Waals surface area contributed by atoms with Crippen LogP contribution in [0.15, 0.2) is 24.3 Å². The quantitative estimate of drug-likeness (QED) is 0.772. The van der Waals surface area contributed by atoms with Crippen LogP contribution in [0.3, 0.4) is 0 Å². The summed E-state index contributed by atoms with van der Waals surface area (Å²) >= 11 is 0. The van der Waals surface area contributed by atoms with Gasteiger partial charge in [0.25, 0.3) is 0 Å². The molecule has 0 amide bonds. The maximum atomic E-state index is 13.0. The molecule has 0 bridgehead atoms. The molecule has 2 unspecified atom stereocenters. The largest absolute Gasteiger partial charge is 0.478 e. The first kappa shape index (κ1) is 17.1. The van der Waals surface area contributed by atoms with E-state index >= 15 is 0 Å². The van der Waals surface area contributed by atoms with Gasteiger partial charge in [0, 0.05) is 18.0 Å². The second kappa shape index (κ2) is 7.19. The Hall–Kier alpha value is -2.01. The van der Waals surface area contributed by atoms with Crippen LogP contribution >= 0.6 is 0 Å². The molecule has 144 valence electrons. The van der Waals surface area contributed by atoms with Crippen molar-refractivity contribution < 1.29 is 14.3 Å². The third-order valence-electron chi connectivity index (χ3n) is 6.52. The van der Waals surface area contributed by atoms with Gasteiger partial charge in [-0.3, -0.25) is 0 Å². The molecular weight excluding hydrogens is 340 g/mol. The Morgan fingerprint density at radius 3 is 3.00 bits per heavy atom. The Morgan fingerprint density at radius 2 is 2.04 bits per heavy atom. The molecule has 3 aliphatic rings. The number of hydrogen-bond acceptors (Lipinski definition) is 4. The fraction of sp³-hybridized carbons (Fsp3) is 0.591. The third kappa shape index (κ3) is 3.12. The summed E-state index contributed by atoms with van der Waals surface area (Å²) in [5, 5.41) is 0.946. The van der Waals surface area contributed by atoms with Gasteiger partial charge in [-0.2, -0.15) is 0 Å². The maximum absolute atomic E-state index is 13.0. The Morgan fingerprint density at radius 1 is 1.11 bits per heavy atom. The number of esters is 1. The summed E-state index contributed by atoms with van der Waals surface area (Å²) < 4.78 is 13.8. The van der Waals surface area contributed by atoms with Crippen LogP contribution in [0.1, 0.15) is 48.9 Å². The van der Waals surface area contributed by atoms with Gasteiger partial charge in [0.05, 0.1) is 18.7 Å². The summed E-state index contributed by atoms with van der Waals surface area (Å²) in [6.45, 7) is 4.49. The number of benzene rings is 1. The number of rotatable bonds is 3. The minimum absolute atomic E-state index is 0.229. The number of hydrogen-bond donors (Lipinski definition) is 0. The van der Waals surface area contributed by atoms with Crippen molar-refractivity contribution in [1.29, 1.82) is 0 Å². The van der Waals surface area contributed by atoms with Gasteiger partial charge in [0.2, 0.25) is 5.88 Å². The van der Waals surface area contributed by atoms with E-state index in [4.69, 9.17) is 9.47 Å². The van der Waals surface area contributed by atoms with Gasteiger partial charge >= 0.3 is 5.97 Å². The Labute approximate surface area is 160 Å². The normalized spacial score (nSPS) is 25.5. The minimum atomic E-state index is -0.229. The molecule has 1 aromatic heterocycles. The zero-order chi connectivity index (χ0) is 18.2. The average Bonchev–Trinajstić information content (AvgIpc) is 3.06. The van der Waals surface area contributed by atoms with E-state index in [9.17, 15) is 4.79 Å². The number of nitrogens with zero attached hydrogens (tertiary/aromatic N) is 2. The highest BCUT2D eigenvalue weighted by Gasteiger charge is 2.32. The monoisotopic (exact) mass is 368 g/mol. The molecular formula is C22H28N2O3. The fourth-order valence-corrected chi connectivity index (χ4v) is 5.13. The molecule has 3 aliphatic heterocycles. The van der Waals surface area contributed by atoms with Crippen LogP contribution in [0.5, 0.6) is 5.88 Å². The predicted octanol–water partition coefficient (Wildman–Crippen LogP) is 3.85. The lowest BCUT2D eigenvalue weighted by atomic mass is 9.86. The molecule has 0 radical (unpaired) electrons. The van der Waals surface area contributed by atoms with E-state index in [1.807, 2.05) is 18.2 Å². The number of carbonyl (C=O) groups excluding carboxylic acids is 1. The van der Waals surface area contributed by atoms with Crippen LogP contribution in [0.25, 0.3) is 10.9 Å². The van der Waals surface area contributed by atoms with Gasteiger partial charge in [-0.15, -0.1) is 0 Å². The van der Waals surface area contributed by atoms with Crippen LogP contribution in [0.4, 0.5) is 0 Å². The Kier molecular flexibility index (Phi) is 4.56. The first-order chi connectivity index (χ1) is 13.3. The van der Waals surface area contributed by atoms with Crippen LogP contribution in [0, 0.1) is 5.92 Å². The van der Waals surface area contributed by atoms with E-state index in [1.54, 1.807) is 0 Å². The number of aromatic nitrogens is 1. The fourth-order valence-electron chi connectivity index (χ4n) is 5.13. The zero-order valence-electron chi connectivity index (χ0n) is 15.9. The van der Waals surface area contributed by atoms with E-state index in [1.165, 1.54) is 32.2 Å². The van der Waals surface area contributed by atoms with Gasteiger partial charge < -0.3 is 18.9 Å². The first-order valence-corrected chi connectivity index (χ1v) is 10.5. The molecule has 2 atom stereocenters. The molecule has 2 saturated heterocycles. The van der Waals surface area contributed by atoms with Crippen LogP contribution in [-0.2, 0) is 11.3 Å². The molecule has 0 spiro atoms. The van der Waals surface area contributed by atoms with Crippen molar-refractivity contribution in [3.05, 3.63) is 29.8 Å². The molecule has 1 aromatic carbocycles. The summed E-state index contributed by atoms with van der Waals surface area (Å²) in [6.07, 6.45) is 7.25. The molecule has 2 fully saturated rings. The highest BCUT2D eigenvalue weighted by atomic mass is 16.5. The number of piperidine rings is 2. The highest BCUT2D eigenvalue weighted by Crippen LogP contribution is 2.35. The van der Waals surface area contributed by atoms with E-state index in [0.717, 1.165) is 36.8 Å². The van der Waals surface area contributed by atoms with E-state index in [-0.39, 0.29) is 5.97 Å². The van der Waals surface area contributed by atoms with Crippen molar-refractivity contribution in [2.75, 3.05) is 26.3 Å². The average molecular weight is 368 g/mol. The van der Waals surface area contributed by atoms with Crippen LogP contribution < -0.4 is 4.74 Å². The number of carbonyl (C=O) groups is 1. The lowest BCUT2D eigenvalue weighted by molar-refractivity contribution is 0.0230. The molecule has 27 heavy (non-hydrogen) atoms. The van der Waals surface area contributed by atoms with Crippen LogP contribution in [0.2, 0.25) is 0 Å². The summed E-state index contributed by atoms with van der Waals surface area (Å²) in [5.41, 5.74) is 1.68. The minimum Gasteiger partial charge on any atom is -0.478 e. The molecule has 5 heteroatoms. The number of para-hydroxylation sites is 1. The Balaban J connectivity index is 1.32. The number of aryl methyl sites for hydroxylation is 1. The van der Waals surface area contributed by atoms with Gasteiger partial charge in [-0.1, -0.05) is 24.6 Å². The maximum Gasteiger partial charge on any atom is 0.344 e. The van der Waals surface area contributed by atoms with Crippen molar-refractivity contribution in [3.8, 4) is 5.88 Å². The molecule has 2 aromatic rings. The lowest BCUT2D eigenvalue weighted by Crippen LogP contribution is -2.46. The standard InChI is InChI=1S/C22H28N2O3/c25-22(27-15-16-9-12-23-10-4-3-6-17(23)14-16)20-18-7-1-2-8-19(18)24-11-5-13-26-21(20)24/h1-2,7-8,16-17H,3-6,9-15H2. The van der Waals surface area contributed by atoms with E-state index in [0.29, 0.717) is 36.6 Å². The second-order valence-corrected chi connectivity index (χ2v) is 8.23.